The van der Waals surface area contributed by atoms with E-state index in [0.717, 1.165) is 32.7 Å². The minimum Gasteiger partial charge on any atom is -0.369 e. The normalized spacial score (nSPS) is 23.5. The Labute approximate surface area is 239 Å². The highest BCUT2D eigenvalue weighted by Crippen LogP contribution is 2.47. The van der Waals surface area contributed by atoms with Crippen molar-refractivity contribution >= 4 is 57.7 Å². The van der Waals surface area contributed by atoms with E-state index < -0.39 is 64.3 Å². The van der Waals surface area contributed by atoms with Crippen molar-refractivity contribution in [2.24, 2.45) is 0 Å². The Morgan fingerprint density at radius 1 is 1.26 bits per heavy atom. The molecule has 2 aromatic rings. The zero-order valence-corrected chi connectivity index (χ0v) is 24.2. The van der Waals surface area contributed by atoms with Crippen molar-refractivity contribution in [3.8, 4) is 6.07 Å². The average molecular weight is 688 g/mol. The van der Waals surface area contributed by atoms with Crippen LogP contribution in [0.3, 0.4) is 0 Å². The Morgan fingerprint density at radius 2 is 2.00 bits per heavy atom. The Kier molecular flexibility index (Phi) is 6.28. The molecule has 7 nitrogen and oxygen atoms in total. The first-order valence-electron chi connectivity index (χ1n) is 12.2. The number of nitrogens with zero attached hydrogens (tertiary/aromatic N) is 4. The predicted molar refractivity (Wildman–Crippen MR) is 151 cm³/mol. The first-order chi connectivity index (χ1) is 18.4. The van der Waals surface area contributed by atoms with Crippen LogP contribution in [0, 0.1) is 11.3 Å². The number of hydrogen-bond donors (Lipinski definition) is 1. The zero-order chi connectivity index (χ0) is 27.7. The number of allylic oxidation sites excluding steroid dienone is 1. The van der Waals surface area contributed by atoms with E-state index in [1.54, 1.807) is 12.3 Å². The number of alkyl halides is 3. The topological polar surface area (TPSA) is 89.3 Å². The van der Waals surface area contributed by atoms with Gasteiger partial charge in [0.2, 0.25) is 0 Å². The molecule has 0 radical (unpaired) electrons. The highest BCUT2D eigenvalue weighted by Gasteiger charge is 2.50. The molecule has 0 unspecified atom stereocenters. The van der Waals surface area contributed by atoms with Crippen molar-refractivity contribution in [3.05, 3.63) is 70.4 Å². The van der Waals surface area contributed by atoms with Crippen LogP contribution in [0.4, 0.5) is 18.9 Å². The summed E-state index contributed by atoms with van der Waals surface area (Å²) in [7, 11) is -4.37. The summed E-state index contributed by atoms with van der Waals surface area (Å²) in [6, 6.07) is 7.93. The summed E-state index contributed by atoms with van der Waals surface area (Å²) < 4.78 is 72.3. The molecule has 3 aliphatic heterocycles. The number of nitriles is 1. The van der Waals surface area contributed by atoms with Gasteiger partial charge in [-0.15, -0.1) is 0 Å². The summed E-state index contributed by atoms with van der Waals surface area (Å²) in [6.45, 7) is 2.01. The molecule has 2 atom stereocenters. The monoisotopic (exact) mass is 687 g/mol. The number of pyridine rings is 1. The number of benzene rings is 1. The lowest BCUT2D eigenvalue weighted by atomic mass is 10.0. The van der Waals surface area contributed by atoms with Crippen LogP contribution in [-0.2, 0) is 16.0 Å². The van der Waals surface area contributed by atoms with Crippen molar-refractivity contribution in [1.82, 2.24) is 15.2 Å². The molecule has 1 N–H and O–H groups in total. The minimum atomic E-state index is -4.81. The van der Waals surface area contributed by atoms with E-state index in [2.05, 4.69) is 19.5 Å². The molecule has 0 bridgehead atoms. The maximum absolute atomic E-state index is 13.8. The summed E-state index contributed by atoms with van der Waals surface area (Å²) in [5.74, 6) is 0.782. The number of rotatable bonds is 4. The first-order valence-corrected chi connectivity index (χ1v) is 16.1. The van der Waals surface area contributed by atoms with Crippen LogP contribution < -0.4 is 8.43 Å². The summed E-state index contributed by atoms with van der Waals surface area (Å²) >= 11 is 5.62. The second-order valence-electron chi connectivity index (χ2n) is 10.0. The second-order valence-corrected chi connectivity index (χ2v) is 15.7. The quantitative estimate of drug-likeness (QED) is 0.261. The van der Waals surface area contributed by atoms with Crippen LogP contribution in [0.25, 0.3) is 6.08 Å². The van der Waals surface area contributed by atoms with Gasteiger partial charge < -0.3 is 10.2 Å². The van der Waals surface area contributed by atoms with Crippen molar-refractivity contribution in [2.75, 3.05) is 9.66 Å². The average Bonchev–Trinajstić information content (AvgIpc) is 3.34. The molecule has 6 rings (SSSR count). The third-order valence-corrected chi connectivity index (χ3v) is 12.3. The number of aromatic nitrogens is 1. The maximum Gasteiger partial charge on any atom is 0.417 e. The van der Waals surface area contributed by atoms with Crippen molar-refractivity contribution < 1.29 is 21.6 Å². The van der Waals surface area contributed by atoms with E-state index in [1.807, 2.05) is 24.0 Å². The molecule has 4 aliphatic rings. The van der Waals surface area contributed by atoms with Gasteiger partial charge in [0.15, 0.2) is 9.84 Å². The highest BCUT2D eigenvalue weighted by molar-refractivity contribution is 14.2. The van der Waals surface area contributed by atoms with Crippen LogP contribution in [0.1, 0.15) is 37.3 Å². The molecular weight excluding hydrogens is 666 g/mol. The van der Waals surface area contributed by atoms with Gasteiger partial charge >= 0.3 is 6.18 Å². The lowest BCUT2D eigenvalue weighted by molar-refractivity contribution is -0.139. The van der Waals surface area contributed by atoms with Gasteiger partial charge in [0.1, 0.15) is 16.5 Å². The largest absolute Gasteiger partial charge is 0.417 e. The van der Waals surface area contributed by atoms with Crippen molar-refractivity contribution in [2.45, 2.75) is 54.1 Å². The van der Waals surface area contributed by atoms with E-state index in [-0.39, 0.29) is 13.0 Å². The van der Waals surface area contributed by atoms with Crippen LogP contribution in [0.15, 0.2) is 59.0 Å². The number of sulfone groups is 1. The van der Waals surface area contributed by atoms with E-state index in [0.29, 0.717) is 23.7 Å². The summed E-state index contributed by atoms with van der Waals surface area (Å²) in [4.78, 5) is 5.50. The lowest BCUT2D eigenvalue weighted by Crippen LogP contribution is -2.43. The molecule has 1 saturated heterocycles. The van der Waals surface area contributed by atoms with Gasteiger partial charge in [-0.2, -0.15) is 18.4 Å². The third kappa shape index (κ3) is 4.62. The van der Waals surface area contributed by atoms with Gasteiger partial charge in [0, 0.05) is 54.6 Å². The molecule has 0 spiro atoms. The Hall–Kier alpha value is -2.63. The third-order valence-electron chi connectivity index (χ3n) is 7.35. The molecule has 1 aromatic heterocycles. The zero-order valence-electron chi connectivity index (χ0n) is 20.5. The van der Waals surface area contributed by atoms with Crippen molar-refractivity contribution in [3.63, 3.8) is 0 Å². The van der Waals surface area contributed by atoms with E-state index in [1.165, 1.54) is 12.1 Å². The molecule has 1 aromatic carbocycles. The number of halogens is 5. The van der Waals surface area contributed by atoms with Crippen LogP contribution >= 0.6 is 32.6 Å². The standard InChI is InChI=1S/C26H22ClF3IN5O2S/c1-15-8-24-35-13-17(39(37,38)22-5-3-2-4-18(22)26(28,29)30)10-21(35)19(34-25(14-32)6-7-25)9-16-12-33-23(27)11-20(16)36(24)31-15/h2-5,8-9,11-12,17,21,34H,6-7,10,13H2,1H3/t17-,21+/m1/s1. The molecule has 1 saturated carbocycles. The number of anilines is 1. The van der Waals surface area contributed by atoms with Crippen molar-refractivity contribution in [1.29, 1.82) is 5.26 Å². The molecular formula is C26H22ClF3IN5O2S. The molecule has 39 heavy (non-hydrogen) atoms. The van der Waals surface area contributed by atoms with Crippen LogP contribution in [-0.4, -0.2) is 45.2 Å². The summed E-state index contributed by atoms with van der Waals surface area (Å²) in [6.07, 6.45) is 2.09. The molecule has 1 aliphatic carbocycles. The Morgan fingerprint density at radius 3 is 2.69 bits per heavy atom. The fourth-order valence-electron chi connectivity index (χ4n) is 5.26. The second kappa shape index (κ2) is 9.21. The molecule has 0 amide bonds. The van der Waals surface area contributed by atoms with Gasteiger partial charge in [-0.3, -0.25) is 3.11 Å². The Balaban J connectivity index is 1.48. The van der Waals surface area contributed by atoms with Crippen LogP contribution in [0.5, 0.6) is 0 Å². The van der Waals surface area contributed by atoms with E-state index in [9.17, 15) is 26.9 Å². The number of fused-ring (bicyclic) bond motifs is 5. The molecule has 2 fully saturated rings. The maximum atomic E-state index is 13.8. The highest BCUT2D eigenvalue weighted by atomic mass is 127. The van der Waals surface area contributed by atoms with Gasteiger partial charge in [-0.1, -0.05) is 23.7 Å². The van der Waals surface area contributed by atoms with Gasteiger partial charge in [-0.25, -0.2) is 13.4 Å². The fourth-order valence-corrected chi connectivity index (χ4v) is 9.84. The molecule has 4 heterocycles. The number of hydrogen-bond acceptors (Lipinski definition) is 7. The number of nitrogens with one attached hydrogen (secondary N) is 1. The summed E-state index contributed by atoms with van der Waals surface area (Å²) in [5.41, 5.74) is 0.312. The minimum absolute atomic E-state index is 0.00523. The van der Waals surface area contributed by atoms with Gasteiger partial charge in [0.05, 0.1) is 33.5 Å². The SMILES string of the molecule is CC1=IN2C(=C1)N1C[C@H](S(=O)(=O)c3ccccc3C(F)(F)F)C[C@H]1C(NC1(C#N)CC1)=Cc1cnc(Cl)cc12. The smallest absolute Gasteiger partial charge is 0.369 e. The van der Waals surface area contributed by atoms with E-state index >= 15 is 0 Å². The van der Waals surface area contributed by atoms with Crippen LogP contribution in [0.2, 0.25) is 5.15 Å². The molecule has 204 valence electrons. The lowest BCUT2D eigenvalue weighted by Gasteiger charge is -2.37. The summed E-state index contributed by atoms with van der Waals surface area (Å²) in [5, 5.41) is 12.4. The van der Waals surface area contributed by atoms with E-state index in [4.69, 9.17) is 11.6 Å². The van der Waals surface area contributed by atoms with Gasteiger partial charge in [0.25, 0.3) is 0 Å². The Bertz CT molecular complexity index is 1630. The molecule has 13 heteroatoms. The fraction of sp³-hybridized carbons (Fsp3) is 0.346. The van der Waals surface area contributed by atoms with Gasteiger partial charge in [-0.05, 0) is 50.5 Å². The first kappa shape index (κ1) is 26.6. The predicted octanol–water partition coefficient (Wildman–Crippen LogP) is 5.41.